The van der Waals surface area contributed by atoms with E-state index in [9.17, 15) is 0 Å². The fourth-order valence-electron chi connectivity index (χ4n) is 6.76. The van der Waals surface area contributed by atoms with Crippen LogP contribution in [0.4, 0.5) is 0 Å². The molecule has 1 nitrogen and oxygen atoms in total. The van der Waals surface area contributed by atoms with Gasteiger partial charge in [0.25, 0.3) is 0 Å². The van der Waals surface area contributed by atoms with Crippen LogP contribution in [-0.4, -0.2) is 0 Å². The van der Waals surface area contributed by atoms with Gasteiger partial charge in [0.15, 0.2) is 0 Å². The Hall–Kier alpha value is -5.40. The summed E-state index contributed by atoms with van der Waals surface area (Å²) in [5, 5.41) is 12.2. The molecule has 1 aromatic heterocycles. The van der Waals surface area contributed by atoms with Crippen LogP contribution in [-0.2, 0) is 0 Å². The summed E-state index contributed by atoms with van der Waals surface area (Å²) in [7, 11) is 0. The van der Waals surface area contributed by atoms with E-state index < -0.39 is 0 Å². The van der Waals surface area contributed by atoms with Crippen LogP contribution in [0, 0.1) is 0 Å². The van der Waals surface area contributed by atoms with Gasteiger partial charge in [-0.15, -0.1) is 0 Å². The zero-order valence-electron chi connectivity index (χ0n) is 22.3. The number of hydrogen-bond donors (Lipinski definition) is 0. The van der Waals surface area contributed by atoms with Gasteiger partial charge in [0, 0.05) is 16.2 Å². The molecule has 0 unspecified atom stereocenters. The van der Waals surface area contributed by atoms with Crippen molar-refractivity contribution in [3.05, 3.63) is 146 Å². The molecular weight excluding hydrogens is 496 g/mol. The van der Waals surface area contributed by atoms with Crippen molar-refractivity contribution >= 4 is 65.0 Å². The Morgan fingerprint density at radius 1 is 0.317 bits per heavy atom. The van der Waals surface area contributed by atoms with E-state index in [1.165, 1.54) is 60.0 Å². The smallest absolute Gasteiger partial charge is 0.143 e. The first-order valence-electron chi connectivity index (χ1n) is 14.1. The van der Waals surface area contributed by atoms with E-state index >= 15 is 0 Å². The highest BCUT2D eigenvalue weighted by Crippen LogP contribution is 2.45. The van der Waals surface area contributed by atoms with Crippen LogP contribution in [0.5, 0.6) is 0 Å². The molecule has 0 saturated heterocycles. The molecule has 9 rings (SSSR count). The first-order chi connectivity index (χ1) is 20.3. The molecule has 0 aliphatic carbocycles. The third kappa shape index (κ3) is 3.30. The third-order valence-electron chi connectivity index (χ3n) is 8.62. The van der Waals surface area contributed by atoms with Crippen molar-refractivity contribution in [3.8, 4) is 22.3 Å². The Labute approximate surface area is 236 Å². The molecule has 0 aliphatic heterocycles. The number of fused-ring (bicyclic) bond motifs is 8. The van der Waals surface area contributed by atoms with Gasteiger partial charge >= 0.3 is 0 Å². The lowest BCUT2D eigenvalue weighted by Gasteiger charge is -2.18. The van der Waals surface area contributed by atoms with Crippen LogP contribution in [0.3, 0.4) is 0 Å². The summed E-state index contributed by atoms with van der Waals surface area (Å²) in [6.45, 7) is 0. The summed E-state index contributed by atoms with van der Waals surface area (Å²) in [6, 6.07) is 52.7. The Morgan fingerprint density at radius 2 is 0.829 bits per heavy atom. The summed E-state index contributed by atoms with van der Waals surface area (Å²) >= 11 is 0. The number of hydrogen-bond acceptors (Lipinski definition) is 1. The average Bonchev–Trinajstić information content (AvgIpc) is 3.42. The molecular formula is C40H24O. The average molecular weight is 521 g/mol. The lowest BCUT2D eigenvalue weighted by molar-refractivity contribution is 0.672. The molecule has 1 heterocycles. The van der Waals surface area contributed by atoms with Gasteiger partial charge in [-0.25, -0.2) is 0 Å². The molecule has 41 heavy (non-hydrogen) atoms. The highest BCUT2D eigenvalue weighted by molar-refractivity contribution is 6.23. The molecule has 8 aromatic carbocycles. The van der Waals surface area contributed by atoms with Crippen molar-refractivity contribution in [2.75, 3.05) is 0 Å². The van der Waals surface area contributed by atoms with Crippen LogP contribution in [0.25, 0.3) is 87.3 Å². The lowest BCUT2D eigenvalue weighted by atomic mass is 9.85. The maximum Gasteiger partial charge on any atom is 0.143 e. The van der Waals surface area contributed by atoms with Gasteiger partial charge in [-0.05, 0) is 84.2 Å². The first-order valence-corrected chi connectivity index (χ1v) is 14.1. The third-order valence-corrected chi connectivity index (χ3v) is 8.62. The molecule has 1 heteroatoms. The van der Waals surface area contributed by atoms with Crippen molar-refractivity contribution in [2.45, 2.75) is 0 Å². The standard InChI is InChI=1S/C40H24O/c1-2-11-27-23-28(18-17-25(27)9-1)38-31-13-5-7-15-33(31)39(34-16-8-6-14-32(34)38)29-20-22-37-36(24-29)35-21-19-26-10-3-4-12-30(26)40(35)41-37/h1-24H. The van der Waals surface area contributed by atoms with Crippen LogP contribution in [0.2, 0.25) is 0 Å². The fourth-order valence-corrected chi connectivity index (χ4v) is 6.76. The maximum atomic E-state index is 6.44. The predicted octanol–water partition coefficient (Wildman–Crippen LogP) is 11.5. The van der Waals surface area contributed by atoms with Crippen molar-refractivity contribution in [2.24, 2.45) is 0 Å². The van der Waals surface area contributed by atoms with Crippen molar-refractivity contribution in [1.82, 2.24) is 0 Å². The molecule has 0 N–H and O–H groups in total. The first kappa shape index (κ1) is 22.4. The summed E-state index contributed by atoms with van der Waals surface area (Å²) in [5.74, 6) is 0. The quantitative estimate of drug-likeness (QED) is 0.207. The molecule has 0 spiro atoms. The second-order valence-electron chi connectivity index (χ2n) is 10.9. The van der Waals surface area contributed by atoms with Crippen molar-refractivity contribution in [1.29, 1.82) is 0 Å². The van der Waals surface area contributed by atoms with Gasteiger partial charge in [-0.1, -0.05) is 121 Å². The Balaban J connectivity index is 1.36. The summed E-state index contributed by atoms with van der Waals surface area (Å²) in [6.07, 6.45) is 0. The molecule has 0 atom stereocenters. The van der Waals surface area contributed by atoms with Gasteiger partial charge in [0.1, 0.15) is 11.2 Å². The normalized spacial score (nSPS) is 11.9. The number of benzene rings is 8. The highest BCUT2D eigenvalue weighted by atomic mass is 16.3. The minimum Gasteiger partial charge on any atom is -0.455 e. The van der Waals surface area contributed by atoms with Gasteiger partial charge in [-0.2, -0.15) is 0 Å². The summed E-state index contributed by atoms with van der Waals surface area (Å²) in [5.41, 5.74) is 6.86. The molecule has 0 radical (unpaired) electrons. The lowest BCUT2D eigenvalue weighted by Crippen LogP contribution is -1.91. The van der Waals surface area contributed by atoms with E-state index in [4.69, 9.17) is 4.42 Å². The van der Waals surface area contributed by atoms with E-state index in [2.05, 4.69) is 146 Å². The summed E-state index contributed by atoms with van der Waals surface area (Å²) in [4.78, 5) is 0. The zero-order chi connectivity index (χ0) is 26.9. The van der Waals surface area contributed by atoms with Gasteiger partial charge < -0.3 is 4.42 Å². The van der Waals surface area contributed by atoms with E-state index in [1.807, 2.05) is 0 Å². The van der Waals surface area contributed by atoms with E-state index in [1.54, 1.807) is 0 Å². The van der Waals surface area contributed by atoms with Crippen LogP contribution in [0.15, 0.2) is 150 Å². The summed E-state index contributed by atoms with van der Waals surface area (Å²) < 4.78 is 6.44. The van der Waals surface area contributed by atoms with Crippen molar-refractivity contribution in [3.63, 3.8) is 0 Å². The van der Waals surface area contributed by atoms with Crippen LogP contribution in [0.1, 0.15) is 0 Å². The minimum absolute atomic E-state index is 0.918. The second kappa shape index (κ2) is 8.55. The molecule has 0 fully saturated rings. The maximum absolute atomic E-state index is 6.44. The Morgan fingerprint density at radius 3 is 1.51 bits per heavy atom. The largest absolute Gasteiger partial charge is 0.455 e. The molecule has 0 saturated carbocycles. The van der Waals surface area contributed by atoms with Crippen molar-refractivity contribution < 1.29 is 4.42 Å². The second-order valence-corrected chi connectivity index (χ2v) is 10.9. The topological polar surface area (TPSA) is 13.1 Å². The predicted molar refractivity (Wildman–Crippen MR) is 175 cm³/mol. The van der Waals surface area contributed by atoms with Gasteiger partial charge in [0.05, 0.1) is 0 Å². The van der Waals surface area contributed by atoms with Gasteiger partial charge in [0.2, 0.25) is 0 Å². The molecule has 0 aliphatic rings. The van der Waals surface area contributed by atoms with E-state index in [-0.39, 0.29) is 0 Å². The highest BCUT2D eigenvalue weighted by Gasteiger charge is 2.18. The monoisotopic (exact) mass is 520 g/mol. The number of rotatable bonds is 2. The van der Waals surface area contributed by atoms with Gasteiger partial charge in [-0.3, -0.25) is 0 Å². The SMILES string of the molecule is c1ccc2cc(-c3c4ccccc4c(-c4ccc5oc6c7ccccc7ccc6c5c4)c4ccccc34)ccc2c1. The van der Waals surface area contributed by atoms with E-state index in [0.717, 1.165) is 27.3 Å². The number of furan rings is 1. The Bertz CT molecular complexity index is 2420. The minimum atomic E-state index is 0.918. The molecule has 0 amide bonds. The zero-order valence-corrected chi connectivity index (χ0v) is 22.3. The molecule has 9 aromatic rings. The van der Waals surface area contributed by atoms with Crippen LogP contribution >= 0.6 is 0 Å². The van der Waals surface area contributed by atoms with E-state index in [0.29, 0.717) is 0 Å². The molecule has 190 valence electrons. The fraction of sp³-hybridized carbons (Fsp3) is 0. The molecule has 0 bridgehead atoms. The Kier molecular flexibility index (Phi) is 4.67. The van der Waals surface area contributed by atoms with Crippen LogP contribution < -0.4 is 0 Å².